The van der Waals surface area contributed by atoms with Gasteiger partial charge in [0.25, 0.3) is 5.91 Å². The first-order valence-electron chi connectivity index (χ1n) is 7.60. The van der Waals surface area contributed by atoms with Crippen LogP contribution in [0.1, 0.15) is 33.2 Å². The van der Waals surface area contributed by atoms with Gasteiger partial charge in [-0.25, -0.2) is 4.98 Å². The molecule has 0 fully saturated rings. The Hall–Kier alpha value is -3.21. The molecular weight excluding hydrogens is 302 g/mol. The number of ketones is 1. The molecule has 120 valence electrons. The van der Waals surface area contributed by atoms with E-state index in [1.807, 2.05) is 35.0 Å². The van der Waals surface area contributed by atoms with Crippen molar-refractivity contribution < 1.29 is 9.59 Å². The smallest absolute Gasteiger partial charge is 0.251 e. The molecule has 24 heavy (non-hydrogen) atoms. The lowest BCUT2D eigenvalue weighted by Gasteiger charge is -2.07. The number of carbonyl (C=O) groups excluding carboxylic acids is 2. The standard InChI is InChI=1S/C19H17N3O2/c1-14(23)16-4-6-17(7-5-16)19(24)21-12-15-2-8-18(9-3-15)22-11-10-20-13-22/h2-11,13H,12H2,1H3,(H,21,24). The normalized spacial score (nSPS) is 10.4. The molecule has 5 nitrogen and oxygen atoms in total. The van der Waals surface area contributed by atoms with Crippen molar-refractivity contribution in [2.24, 2.45) is 0 Å². The molecule has 0 unspecified atom stereocenters. The number of nitrogens with one attached hydrogen (secondary N) is 1. The maximum Gasteiger partial charge on any atom is 0.251 e. The number of rotatable bonds is 5. The second kappa shape index (κ2) is 6.91. The van der Waals surface area contributed by atoms with Crippen LogP contribution in [0.15, 0.2) is 67.3 Å². The third-order valence-electron chi connectivity index (χ3n) is 3.75. The fraction of sp³-hybridized carbons (Fsp3) is 0.105. The van der Waals surface area contributed by atoms with Gasteiger partial charge >= 0.3 is 0 Å². The van der Waals surface area contributed by atoms with Crippen molar-refractivity contribution in [3.8, 4) is 5.69 Å². The van der Waals surface area contributed by atoms with E-state index in [0.717, 1.165) is 11.3 Å². The van der Waals surface area contributed by atoms with E-state index in [1.54, 1.807) is 36.8 Å². The molecule has 0 aliphatic rings. The third kappa shape index (κ3) is 3.57. The summed E-state index contributed by atoms with van der Waals surface area (Å²) in [7, 11) is 0. The Morgan fingerprint density at radius 1 is 1.00 bits per heavy atom. The van der Waals surface area contributed by atoms with Crippen LogP contribution in [0.5, 0.6) is 0 Å². The molecule has 0 aliphatic heterocycles. The highest BCUT2D eigenvalue weighted by Gasteiger charge is 2.06. The molecule has 5 heteroatoms. The Balaban J connectivity index is 1.60. The van der Waals surface area contributed by atoms with Crippen LogP contribution in [0, 0.1) is 0 Å². The zero-order valence-corrected chi connectivity index (χ0v) is 13.3. The molecule has 0 bridgehead atoms. The van der Waals surface area contributed by atoms with Gasteiger partial charge in [0.15, 0.2) is 5.78 Å². The first-order valence-corrected chi connectivity index (χ1v) is 7.60. The summed E-state index contributed by atoms with van der Waals surface area (Å²) in [6.07, 6.45) is 5.34. The average Bonchev–Trinajstić information content (AvgIpc) is 3.15. The van der Waals surface area contributed by atoms with E-state index >= 15 is 0 Å². The highest BCUT2D eigenvalue weighted by atomic mass is 16.1. The van der Waals surface area contributed by atoms with Crippen LogP contribution in [-0.2, 0) is 6.54 Å². The number of hydrogen-bond donors (Lipinski definition) is 1. The zero-order chi connectivity index (χ0) is 16.9. The summed E-state index contributed by atoms with van der Waals surface area (Å²) < 4.78 is 1.92. The highest BCUT2D eigenvalue weighted by molar-refractivity contribution is 5.97. The number of hydrogen-bond acceptors (Lipinski definition) is 3. The van der Waals surface area contributed by atoms with Crippen LogP contribution in [0.25, 0.3) is 5.69 Å². The maximum atomic E-state index is 12.1. The number of carbonyl (C=O) groups is 2. The topological polar surface area (TPSA) is 64.0 Å². The number of aromatic nitrogens is 2. The van der Waals surface area contributed by atoms with Gasteiger partial charge in [0.2, 0.25) is 0 Å². The summed E-state index contributed by atoms with van der Waals surface area (Å²) in [5.74, 6) is -0.177. The molecule has 0 aliphatic carbocycles. The zero-order valence-electron chi connectivity index (χ0n) is 13.3. The largest absolute Gasteiger partial charge is 0.348 e. The van der Waals surface area contributed by atoms with Gasteiger partial charge in [-0.05, 0) is 36.8 Å². The molecule has 1 aromatic heterocycles. The first-order chi connectivity index (χ1) is 11.6. The van der Waals surface area contributed by atoms with Crippen molar-refractivity contribution in [2.45, 2.75) is 13.5 Å². The molecule has 0 radical (unpaired) electrons. The van der Waals surface area contributed by atoms with Crippen LogP contribution in [0.3, 0.4) is 0 Å². The molecule has 3 rings (SSSR count). The summed E-state index contributed by atoms with van der Waals surface area (Å²) in [6, 6.07) is 14.5. The quantitative estimate of drug-likeness (QED) is 0.735. The van der Waals surface area contributed by atoms with Crippen LogP contribution in [-0.4, -0.2) is 21.2 Å². The van der Waals surface area contributed by atoms with Crippen molar-refractivity contribution in [3.63, 3.8) is 0 Å². The first kappa shape index (κ1) is 15.7. The minimum atomic E-state index is -0.163. The van der Waals surface area contributed by atoms with Crippen molar-refractivity contribution in [3.05, 3.63) is 83.9 Å². The minimum absolute atomic E-state index is 0.0139. The third-order valence-corrected chi connectivity index (χ3v) is 3.75. The van der Waals surface area contributed by atoms with E-state index in [1.165, 1.54) is 6.92 Å². The van der Waals surface area contributed by atoms with Crippen LogP contribution >= 0.6 is 0 Å². The molecule has 0 saturated heterocycles. The van der Waals surface area contributed by atoms with Gasteiger partial charge in [0.05, 0.1) is 6.33 Å². The Labute approximate surface area is 140 Å². The van der Waals surface area contributed by atoms with E-state index < -0.39 is 0 Å². The number of amides is 1. The van der Waals surface area contributed by atoms with Crippen molar-refractivity contribution in [1.82, 2.24) is 14.9 Å². The van der Waals surface area contributed by atoms with Gasteiger partial charge in [-0.2, -0.15) is 0 Å². The van der Waals surface area contributed by atoms with Crippen molar-refractivity contribution in [2.75, 3.05) is 0 Å². The van der Waals surface area contributed by atoms with Crippen LogP contribution < -0.4 is 5.32 Å². The van der Waals surface area contributed by atoms with Gasteiger partial charge < -0.3 is 9.88 Å². The second-order valence-corrected chi connectivity index (χ2v) is 5.45. The Kier molecular flexibility index (Phi) is 4.52. The monoisotopic (exact) mass is 319 g/mol. The molecular formula is C19H17N3O2. The molecule has 1 N–H and O–H groups in total. The summed E-state index contributed by atoms with van der Waals surface area (Å²) in [4.78, 5) is 27.4. The lowest BCUT2D eigenvalue weighted by Crippen LogP contribution is -2.22. The fourth-order valence-electron chi connectivity index (χ4n) is 2.34. The van der Waals surface area contributed by atoms with E-state index in [-0.39, 0.29) is 11.7 Å². The van der Waals surface area contributed by atoms with Gasteiger partial charge in [0, 0.05) is 35.8 Å². The fourth-order valence-corrected chi connectivity index (χ4v) is 2.34. The predicted molar refractivity (Wildman–Crippen MR) is 91.2 cm³/mol. The van der Waals surface area contributed by atoms with Gasteiger partial charge in [-0.15, -0.1) is 0 Å². The van der Waals surface area contributed by atoms with E-state index in [2.05, 4.69) is 10.3 Å². The summed E-state index contributed by atoms with van der Waals surface area (Å²) >= 11 is 0. The Morgan fingerprint density at radius 2 is 1.67 bits per heavy atom. The number of nitrogens with zero attached hydrogens (tertiary/aromatic N) is 2. The van der Waals surface area contributed by atoms with Gasteiger partial charge in [-0.1, -0.05) is 24.3 Å². The second-order valence-electron chi connectivity index (χ2n) is 5.45. The van der Waals surface area contributed by atoms with Crippen molar-refractivity contribution in [1.29, 1.82) is 0 Å². The molecule has 0 spiro atoms. The van der Waals surface area contributed by atoms with Gasteiger partial charge in [-0.3, -0.25) is 9.59 Å². The summed E-state index contributed by atoms with van der Waals surface area (Å²) in [5.41, 5.74) is 3.16. The molecule has 0 saturated carbocycles. The minimum Gasteiger partial charge on any atom is -0.348 e. The number of benzene rings is 2. The summed E-state index contributed by atoms with van der Waals surface area (Å²) in [5, 5.41) is 2.88. The Morgan fingerprint density at radius 3 is 2.25 bits per heavy atom. The van der Waals surface area contributed by atoms with Crippen LogP contribution in [0.2, 0.25) is 0 Å². The lowest BCUT2D eigenvalue weighted by atomic mass is 10.1. The van der Waals surface area contributed by atoms with E-state index in [4.69, 9.17) is 0 Å². The average molecular weight is 319 g/mol. The molecule has 1 amide bonds. The lowest BCUT2D eigenvalue weighted by molar-refractivity contribution is 0.0949. The molecule has 1 heterocycles. The molecule has 3 aromatic rings. The Bertz CT molecular complexity index is 835. The van der Waals surface area contributed by atoms with Gasteiger partial charge in [0.1, 0.15) is 0 Å². The summed E-state index contributed by atoms with van der Waals surface area (Å²) in [6.45, 7) is 1.94. The predicted octanol–water partition coefficient (Wildman–Crippen LogP) is 3.00. The van der Waals surface area contributed by atoms with Crippen molar-refractivity contribution >= 4 is 11.7 Å². The van der Waals surface area contributed by atoms with Crippen LogP contribution in [0.4, 0.5) is 0 Å². The molecule has 2 aromatic carbocycles. The molecule has 0 atom stereocenters. The van der Waals surface area contributed by atoms with E-state index in [9.17, 15) is 9.59 Å². The SMILES string of the molecule is CC(=O)c1ccc(C(=O)NCc2ccc(-n3ccnc3)cc2)cc1. The highest BCUT2D eigenvalue weighted by Crippen LogP contribution is 2.10. The maximum absolute atomic E-state index is 12.1. The number of imidazole rings is 1. The number of Topliss-reactive ketones (excluding diaryl/α,β-unsaturated/α-hetero) is 1. The van der Waals surface area contributed by atoms with E-state index in [0.29, 0.717) is 17.7 Å².